The predicted octanol–water partition coefficient (Wildman–Crippen LogP) is 5.18. The van der Waals surface area contributed by atoms with Crippen molar-refractivity contribution in [3.05, 3.63) is 90.5 Å². The summed E-state index contributed by atoms with van der Waals surface area (Å²) in [5, 5.41) is 0. The van der Waals surface area contributed by atoms with Crippen molar-refractivity contribution in [2.45, 2.75) is 16.9 Å². The van der Waals surface area contributed by atoms with Crippen LogP contribution in [0.4, 0.5) is 13.2 Å². The Morgan fingerprint density at radius 1 is 0.793 bits per heavy atom. The Kier molecular flexibility index (Phi) is 9.90. The zero-order valence-corrected chi connectivity index (χ0v) is 16.8. The highest BCUT2D eigenvalue weighted by Gasteiger charge is 2.44. The standard InChI is InChI=1S/C12H10.C7H9NS.CHF3O3S/c1-3-7-11(8-4-1)12-9-5-2-6-10-12;8-5-6-1-3-7(9)4-2-6;2-1(3,4)8(5,6)7/h1-10H;1-4,9H,5,8H2;(H,5,6,7). The number of rotatable bonds is 2. The van der Waals surface area contributed by atoms with Gasteiger partial charge in [0, 0.05) is 11.4 Å². The molecule has 0 saturated carbocycles. The molecule has 0 aromatic heterocycles. The summed E-state index contributed by atoms with van der Waals surface area (Å²) in [6.45, 7) is 0.605. The number of hydrogen-bond donors (Lipinski definition) is 3. The van der Waals surface area contributed by atoms with Crippen LogP contribution in [-0.2, 0) is 16.7 Å². The second-order valence-electron chi connectivity index (χ2n) is 5.52. The Labute approximate surface area is 173 Å². The van der Waals surface area contributed by atoms with Crippen molar-refractivity contribution < 1.29 is 26.1 Å². The summed E-state index contributed by atoms with van der Waals surface area (Å²) in [5.74, 6) is 0. The van der Waals surface area contributed by atoms with Crippen molar-refractivity contribution >= 4 is 22.7 Å². The summed E-state index contributed by atoms with van der Waals surface area (Å²) in [4.78, 5) is 0.979. The van der Waals surface area contributed by atoms with Gasteiger partial charge in [-0.25, -0.2) is 0 Å². The molecule has 0 heterocycles. The molecule has 0 aliphatic carbocycles. The van der Waals surface area contributed by atoms with Gasteiger partial charge in [-0.15, -0.1) is 12.6 Å². The molecular formula is C20H20F3NO3S2. The summed E-state index contributed by atoms with van der Waals surface area (Å²) < 4.78 is 57.5. The average molecular weight is 444 g/mol. The first-order valence-corrected chi connectivity index (χ1v) is 10.1. The molecule has 3 aromatic carbocycles. The van der Waals surface area contributed by atoms with E-state index in [2.05, 4.69) is 61.2 Å². The molecule has 0 aliphatic rings. The highest BCUT2D eigenvalue weighted by Crippen LogP contribution is 2.20. The van der Waals surface area contributed by atoms with Gasteiger partial charge >= 0.3 is 15.6 Å². The summed E-state index contributed by atoms with van der Waals surface area (Å²) in [7, 11) is -5.84. The normalized spacial score (nSPS) is 10.8. The van der Waals surface area contributed by atoms with Crippen LogP contribution in [0.15, 0.2) is 89.8 Å². The first-order chi connectivity index (χ1) is 13.5. The van der Waals surface area contributed by atoms with E-state index in [4.69, 9.17) is 18.7 Å². The minimum atomic E-state index is -5.84. The van der Waals surface area contributed by atoms with Crippen molar-refractivity contribution in [2.75, 3.05) is 0 Å². The van der Waals surface area contributed by atoms with Gasteiger partial charge in [-0.05, 0) is 28.8 Å². The lowest BCUT2D eigenvalue weighted by molar-refractivity contribution is -0.0510. The first-order valence-electron chi connectivity index (χ1n) is 8.17. The highest BCUT2D eigenvalue weighted by atomic mass is 32.2. The van der Waals surface area contributed by atoms with Crippen molar-refractivity contribution in [2.24, 2.45) is 5.73 Å². The van der Waals surface area contributed by atoms with E-state index < -0.39 is 15.6 Å². The third-order valence-electron chi connectivity index (χ3n) is 3.35. The van der Waals surface area contributed by atoms with Gasteiger partial charge in [0.1, 0.15) is 0 Å². The zero-order valence-electron chi connectivity index (χ0n) is 15.1. The fourth-order valence-electron chi connectivity index (χ4n) is 1.89. The van der Waals surface area contributed by atoms with Gasteiger partial charge in [-0.1, -0.05) is 72.8 Å². The smallest absolute Gasteiger partial charge is 0.326 e. The van der Waals surface area contributed by atoms with Gasteiger partial charge in [-0.3, -0.25) is 4.55 Å². The third-order valence-corrected chi connectivity index (χ3v) is 4.23. The van der Waals surface area contributed by atoms with Gasteiger partial charge in [0.25, 0.3) is 0 Å². The summed E-state index contributed by atoms with van der Waals surface area (Å²) in [6.07, 6.45) is 0. The predicted molar refractivity (Wildman–Crippen MR) is 111 cm³/mol. The summed E-state index contributed by atoms with van der Waals surface area (Å²) in [5.41, 5.74) is 3.54. The van der Waals surface area contributed by atoms with Crippen LogP contribution in [0.25, 0.3) is 11.1 Å². The molecule has 4 nitrogen and oxygen atoms in total. The molecule has 0 spiro atoms. The minimum Gasteiger partial charge on any atom is -0.326 e. The van der Waals surface area contributed by atoms with Gasteiger partial charge in [0.15, 0.2) is 0 Å². The monoisotopic (exact) mass is 443 g/mol. The number of nitrogens with two attached hydrogens (primary N) is 1. The van der Waals surface area contributed by atoms with E-state index in [0.717, 1.165) is 10.5 Å². The number of halogens is 3. The molecule has 0 atom stereocenters. The Morgan fingerprint density at radius 2 is 1.14 bits per heavy atom. The van der Waals surface area contributed by atoms with Crippen LogP contribution >= 0.6 is 12.6 Å². The lowest BCUT2D eigenvalue weighted by Gasteiger charge is -1.98. The maximum atomic E-state index is 10.7. The van der Waals surface area contributed by atoms with E-state index in [-0.39, 0.29) is 0 Å². The fraction of sp³-hybridized carbons (Fsp3) is 0.100. The van der Waals surface area contributed by atoms with Crippen LogP contribution in [0, 0.1) is 0 Å². The molecular weight excluding hydrogens is 423 g/mol. The van der Waals surface area contributed by atoms with Crippen molar-refractivity contribution in [3.8, 4) is 11.1 Å². The van der Waals surface area contributed by atoms with Gasteiger partial charge < -0.3 is 5.73 Å². The molecule has 0 unspecified atom stereocenters. The molecule has 3 rings (SSSR count). The maximum absolute atomic E-state index is 10.7. The Balaban J connectivity index is 0.000000224. The van der Waals surface area contributed by atoms with E-state index in [1.54, 1.807) is 0 Å². The fourth-order valence-corrected chi connectivity index (χ4v) is 2.04. The Bertz CT molecular complexity index is 910. The second kappa shape index (κ2) is 11.6. The largest absolute Gasteiger partial charge is 0.522 e. The quantitative estimate of drug-likeness (QED) is 0.290. The summed E-state index contributed by atoms with van der Waals surface area (Å²) in [6, 6.07) is 28.6. The van der Waals surface area contributed by atoms with Crippen LogP contribution in [0.2, 0.25) is 0 Å². The van der Waals surface area contributed by atoms with E-state index in [0.29, 0.717) is 6.54 Å². The zero-order chi connectivity index (χ0) is 21.9. The van der Waals surface area contributed by atoms with Crippen LogP contribution in [0.5, 0.6) is 0 Å². The van der Waals surface area contributed by atoms with Crippen molar-refractivity contribution in [1.82, 2.24) is 0 Å². The van der Waals surface area contributed by atoms with Gasteiger partial charge in [0.2, 0.25) is 0 Å². The van der Waals surface area contributed by atoms with Gasteiger partial charge in [0.05, 0.1) is 0 Å². The Hall–Kier alpha value is -2.33. The van der Waals surface area contributed by atoms with E-state index >= 15 is 0 Å². The van der Waals surface area contributed by atoms with Crippen LogP contribution < -0.4 is 5.73 Å². The lowest BCUT2D eigenvalue weighted by atomic mass is 10.1. The van der Waals surface area contributed by atoms with Crippen molar-refractivity contribution in [1.29, 1.82) is 0 Å². The van der Waals surface area contributed by atoms with E-state index in [1.165, 1.54) is 11.1 Å². The lowest BCUT2D eigenvalue weighted by Crippen LogP contribution is -2.21. The average Bonchev–Trinajstić information content (AvgIpc) is 2.69. The SMILES string of the molecule is NCc1ccc(S)cc1.O=S(=O)(O)C(F)(F)F.c1ccc(-c2ccccc2)cc1. The topological polar surface area (TPSA) is 80.4 Å². The van der Waals surface area contributed by atoms with E-state index in [1.807, 2.05) is 36.4 Å². The molecule has 0 saturated heterocycles. The molecule has 29 heavy (non-hydrogen) atoms. The Morgan fingerprint density at radius 3 is 1.41 bits per heavy atom. The molecule has 0 bridgehead atoms. The van der Waals surface area contributed by atoms with Gasteiger partial charge in [-0.2, -0.15) is 21.6 Å². The molecule has 3 N–H and O–H groups in total. The first kappa shape index (κ1) is 24.7. The van der Waals surface area contributed by atoms with Crippen molar-refractivity contribution in [3.63, 3.8) is 0 Å². The molecule has 0 amide bonds. The van der Waals surface area contributed by atoms with E-state index in [9.17, 15) is 13.2 Å². The molecule has 156 valence electrons. The molecule has 9 heteroatoms. The summed E-state index contributed by atoms with van der Waals surface area (Å²) >= 11 is 4.13. The highest BCUT2D eigenvalue weighted by molar-refractivity contribution is 7.86. The molecule has 0 radical (unpaired) electrons. The van der Waals surface area contributed by atoms with Crippen LogP contribution in [0.3, 0.4) is 0 Å². The number of alkyl halides is 3. The van der Waals surface area contributed by atoms with Crippen LogP contribution in [-0.4, -0.2) is 18.5 Å². The second-order valence-corrected chi connectivity index (χ2v) is 7.45. The maximum Gasteiger partial charge on any atom is 0.522 e. The molecule has 0 aliphatic heterocycles. The number of thiol groups is 1. The molecule has 0 fully saturated rings. The third kappa shape index (κ3) is 9.62. The number of hydrogen-bond acceptors (Lipinski definition) is 4. The number of benzene rings is 3. The molecule has 3 aromatic rings. The minimum absolute atomic E-state index is 0.605. The van der Waals surface area contributed by atoms with Crippen LogP contribution in [0.1, 0.15) is 5.56 Å².